The van der Waals surface area contributed by atoms with Gasteiger partial charge in [0.05, 0.1) is 26.4 Å². The molecule has 0 N–H and O–H groups in total. The highest BCUT2D eigenvalue weighted by molar-refractivity contribution is 5.71. The average molecular weight is 310 g/mol. The molecule has 22 heavy (non-hydrogen) atoms. The summed E-state index contributed by atoms with van der Waals surface area (Å²) in [7, 11) is 1.62. The van der Waals surface area contributed by atoms with E-state index in [-0.39, 0.29) is 12.6 Å². The van der Waals surface area contributed by atoms with Crippen molar-refractivity contribution in [2.75, 3.05) is 40.1 Å². The number of rotatable bonds is 10. The Labute approximate surface area is 132 Å². The first-order valence-electron chi connectivity index (χ1n) is 7.39. The lowest BCUT2D eigenvalue weighted by atomic mass is 9.97. The third-order valence-corrected chi connectivity index (χ3v) is 3.14. The SMILES string of the molecule is COCCOCCOCC(=O)OC(C)(C)c1ccc(C)cc1. The summed E-state index contributed by atoms with van der Waals surface area (Å²) in [6.07, 6.45) is 0. The number of ether oxygens (including phenoxy) is 4. The molecule has 0 saturated carbocycles. The van der Waals surface area contributed by atoms with Crippen LogP contribution in [0.4, 0.5) is 0 Å². The zero-order valence-corrected chi connectivity index (χ0v) is 13.9. The van der Waals surface area contributed by atoms with Gasteiger partial charge in [0, 0.05) is 7.11 Å². The second kappa shape index (κ2) is 9.56. The standard InChI is InChI=1S/C17H26O5/c1-14-5-7-15(8-6-14)17(2,3)22-16(18)13-21-12-11-20-10-9-19-4/h5-8H,9-13H2,1-4H3. The summed E-state index contributed by atoms with van der Waals surface area (Å²) < 4.78 is 20.8. The number of esters is 1. The van der Waals surface area contributed by atoms with Crippen LogP contribution in [-0.4, -0.2) is 46.1 Å². The highest BCUT2D eigenvalue weighted by atomic mass is 16.6. The summed E-state index contributed by atoms with van der Waals surface area (Å²) in [5.74, 6) is -0.387. The molecule has 1 rings (SSSR count). The molecule has 0 atom stereocenters. The van der Waals surface area contributed by atoms with Crippen molar-refractivity contribution in [3.8, 4) is 0 Å². The fourth-order valence-corrected chi connectivity index (χ4v) is 1.85. The first-order chi connectivity index (χ1) is 10.5. The zero-order chi connectivity index (χ0) is 16.4. The molecule has 0 radical (unpaired) electrons. The fourth-order valence-electron chi connectivity index (χ4n) is 1.85. The smallest absolute Gasteiger partial charge is 0.332 e. The number of carbonyl (C=O) groups excluding carboxylic acids is 1. The van der Waals surface area contributed by atoms with Crippen LogP contribution in [0, 0.1) is 6.92 Å². The predicted molar refractivity (Wildman–Crippen MR) is 83.8 cm³/mol. The maximum Gasteiger partial charge on any atom is 0.332 e. The summed E-state index contributed by atoms with van der Waals surface area (Å²) in [6.45, 7) is 7.51. The van der Waals surface area contributed by atoms with E-state index in [0.717, 1.165) is 5.56 Å². The van der Waals surface area contributed by atoms with E-state index in [0.29, 0.717) is 26.4 Å². The van der Waals surface area contributed by atoms with E-state index in [2.05, 4.69) is 0 Å². The van der Waals surface area contributed by atoms with Crippen LogP contribution in [0.2, 0.25) is 0 Å². The van der Waals surface area contributed by atoms with Crippen LogP contribution < -0.4 is 0 Å². The van der Waals surface area contributed by atoms with E-state index < -0.39 is 5.60 Å². The molecule has 0 fully saturated rings. The number of benzene rings is 1. The molecular formula is C17H26O5. The molecule has 0 aliphatic carbocycles. The molecular weight excluding hydrogens is 284 g/mol. The van der Waals surface area contributed by atoms with Crippen molar-refractivity contribution in [3.05, 3.63) is 35.4 Å². The van der Waals surface area contributed by atoms with Gasteiger partial charge in [-0.1, -0.05) is 29.8 Å². The average Bonchev–Trinajstić information content (AvgIpc) is 2.46. The number of methoxy groups -OCH3 is 1. The summed E-state index contributed by atoms with van der Waals surface area (Å²) >= 11 is 0. The molecule has 0 aliphatic rings. The molecule has 0 bridgehead atoms. The van der Waals surface area contributed by atoms with Crippen molar-refractivity contribution >= 4 is 5.97 Å². The van der Waals surface area contributed by atoms with Gasteiger partial charge in [-0.3, -0.25) is 0 Å². The molecule has 124 valence electrons. The van der Waals surface area contributed by atoms with Gasteiger partial charge in [0.15, 0.2) is 0 Å². The Balaban J connectivity index is 2.27. The van der Waals surface area contributed by atoms with E-state index in [9.17, 15) is 4.79 Å². The molecule has 0 unspecified atom stereocenters. The monoisotopic (exact) mass is 310 g/mol. The Kier molecular flexibility index (Phi) is 8.09. The van der Waals surface area contributed by atoms with Gasteiger partial charge in [0.2, 0.25) is 0 Å². The number of hydrogen-bond donors (Lipinski definition) is 0. The summed E-state index contributed by atoms with van der Waals surface area (Å²) in [5.41, 5.74) is 1.44. The minimum Gasteiger partial charge on any atom is -0.453 e. The third kappa shape index (κ3) is 7.02. The third-order valence-electron chi connectivity index (χ3n) is 3.14. The molecule has 0 heterocycles. The Morgan fingerprint density at radius 3 is 2.23 bits per heavy atom. The first-order valence-corrected chi connectivity index (χ1v) is 7.39. The van der Waals surface area contributed by atoms with Gasteiger partial charge in [-0.2, -0.15) is 0 Å². The van der Waals surface area contributed by atoms with Crippen LogP contribution in [0.15, 0.2) is 24.3 Å². The van der Waals surface area contributed by atoms with Crippen LogP contribution in [0.5, 0.6) is 0 Å². The number of carbonyl (C=O) groups is 1. The van der Waals surface area contributed by atoms with E-state index in [1.54, 1.807) is 7.11 Å². The maximum atomic E-state index is 11.8. The van der Waals surface area contributed by atoms with Gasteiger partial charge in [-0.25, -0.2) is 4.79 Å². The van der Waals surface area contributed by atoms with Crippen LogP contribution >= 0.6 is 0 Å². The van der Waals surface area contributed by atoms with Crippen molar-refractivity contribution in [3.63, 3.8) is 0 Å². The second-order valence-electron chi connectivity index (χ2n) is 5.51. The van der Waals surface area contributed by atoms with E-state index in [1.165, 1.54) is 5.56 Å². The van der Waals surface area contributed by atoms with Crippen molar-refractivity contribution in [2.24, 2.45) is 0 Å². The van der Waals surface area contributed by atoms with Gasteiger partial charge < -0.3 is 18.9 Å². The molecule has 0 aromatic heterocycles. The Morgan fingerprint density at radius 2 is 1.59 bits per heavy atom. The first kappa shape index (κ1) is 18.6. The van der Waals surface area contributed by atoms with Gasteiger partial charge in [-0.05, 0) is 26.3 Å². The Morgan fingerprint density at radius 1 is 1.00 bits per heavy atom. The van der Waals surface area contributed by atoms with Crippen molar-refractivity contribution in [1.29, 1.82) is 0 Å². The summed E-state index contributed by atoms with van der Waals surface area (Å²) in [6, 6.07) is 7.93. The molecule has 5 heteroatoms. The highest BCUT2D eigenvalue weighted by Crippen LogP contribution is 2.25. The van der Waals surface area contributed by atoms with Crippen LogP contribution in [-0.2, 0) is 29.3 Å². The quantitative estimate of drug-likeness (QED) is 0.491. The van der Waals surface area contributed by atoms with Crippen LogP contribution in [0.3, 0.4) is 0 Å². The lowest BCUT2D eigenvalue weighted by Gasteiger charge is -2.25. The maximum absolute atomic E-state index is 11.8. The fraction of sp³-hybridized carbons (Fsp3) is 0.588. The second-order valence-corrected chi connectivity index (χ2v) is 5.51. The topological polar surface area (TPSA) is 54.0 Å². The molecule has 5 nitrogen and oxygen atoms in total. The largest absolute Gasteiger partial charge is 0.453 e. The van der Waals surface area contributed by atoms with Crippen molar-refractivity contribution in [1.82, 2.24) is 0 Å². The lowest BCUT2D eigenvalue weighted by molar-refractivity contribution is -0.163. The highest BCUT2D eigenvalue weighted by Gasteiger charge is 2.25. The van der Waals surface area contributed by atoms with Gasteiger partial charge in [-0.15, -0.1) is 0 Å². The van der Waals surface area contributed by atoms with E-state index in [4.69, 9.17) is 18.9 Å². The molecule has 0 amide bonds. The van der Waals surface area contributed by atoms with Crippen molar-refractivity contribution < 1.29 is 23.7 Å². The molecule has 1 aromatic carbocycles. The Hall–Kier alpha value is -1.43. The van der Waals surface area contributed by atoms with Crippen LogP contribution in [0.25, 0.3) is 0 Å². The minimum atomic E-state index is -0.677. The number of hydrogen-bond acceptors (Lipinski definition) is 5. The predicted octanol–water partition coefficient (Wildman–Crippen LogP) is 2.45. The molecule has 0 spiro atoms. The van der Waals surface area contributed by atoms with Crippen molar-refractivity contribution in [2.45, 2.75) is 26.4 Å². The van der Waals surface area contributed by atoms with Gasteiger partial charge in [0.25, 0.3) is 0 Å². The Bertz CT molecular complexity index is 439. The zero-order valence-electron chi connectivity index (χ0n) is 13.9. The van der Waals surface area contributed by atoms with E-state index in [1.807, 2.05) is 45.0 Å². The molecule has 0 saturated heterocycles. The van der Waals surface area contributed by atoms with Gasteiger partial charge >= 0.3 is 5.97 Å². The normalized spacial score (nSPS) is 11.5. The van der Waals surface area contributed by atoms with Gasteiger partial charge in [0.1, 0.15) is 12.2 Å². The van der Waals surface area contributed by atoms with E-state index >= 15 is 0 Å². The van der Waals surface area contributed by atoms with Crippen LogP contribution in [0.1, 0.15) is 25.0 Å². The lowest BCUT2D eigenvalue weighted by Crippen LogP contribution is -2.28. The summed E-state index contributed by atoms with van der Waals surface area (Å²) in [4.78, 5) is 11.8. The minimum absolute atomic E-state index is 0.0804. The molecule has 1 aromatic rings. The summed E-state index contributed by atoms with van der Waals surface area (Å²) in [5, 5.41) is 0. The molecule has 0 aliphatic heterocycles. The number of aryl methyl sites for hydroxylation is 1.